The van der Waals surface area contributed by atoms with Gasteiger partial charge < -0.3 is 14.4 Å². The highest BCUT2D eigenvalue weighted by molar-refractivity contribution is 7.08. The average Bonchev–Trinajstić information content (AvgIpc) is 3.42. The minimum absolute atomic E-state index is 0.0588. The fraction of sp³-hybridized carbons (Fsp3) is 0.333. The van der Waals surface area contributed by atoms with Crippen LogP contribution >= 0.6 is 11.3 Å². The van der Waals surface area contributed by atoms with Crippen LogP contribution < -0.4 is 0 Å². The number of aromatic amines is 1. The summed E-state index contributed by atoms with van der Waals surface area (Å²) >= 11 is 1.59. The number of thiophene rings is 1. The van der Waals surface area contributed by atoms with Crippen molar-refractivity contribution in [1.29, 1.82) is 0 Å². The smallest absolute Gasteiger partial charge is 0.270 e. The molecule has 0 spiro atoms. The molecule has 1 saturated heterocycles. The SMILES string of the molecule is CC(=O)c1c[nH]c(C(=O)N2CCN(Cc3nc(-c4ccsc4)no3)CC2)c1. The Balaban J connectivity index is 1.32. The zero-order valence-electron chi connectivity index (χ0n) is 14.8. The molecule has 8 nitrogen and oxygen atoms in total. The number of piperazine rings is 1. The van der Waals surface area contributed by atoms with Crippen LogP contribution in [0.5, 0.6) is 0 Å². The molecule has 1 fully saturated rings. The van der Waals surface area contributed by atoms with E-state index in [0.717, 1.165) is 18.7 Å². The molecule has 3 aromatic heterocycles. The molecule has 4 heterocycles. The van der Waals surface area contributed by atoms with Crippen molar-refractivity contribution in [2.75, 3.05) is 26.2 Å². The predicted molar refractivity (Wildman–Crippen MR) is 99.6 cm³/mol. The molecule has 1 aliphatic rings. The Morgan fingerprint density at radius 1 is 1.30 bits per heavy atom. The standard InChI is InChI=1S/C18H19N5O3S/c1-12(24)14-8-15(19-9-14)18(25)23-5-3-22(4-6-23)10-16-20-17(21-26-16)13-2-7-27-11-13/h2,7-9,11,19H,3-6,10H2,1H3. The average molecular weight is 385 g/mol. The van der Waals surface area contributed by atoms with Crippen LogP contribution in [0.4, 0.5) is 0 Å². The Morgan fingerprint density at radius 3 is 2.78 bits per heavy atom. The van der Waals surface area contributed by atoms with Crippen molar-refractivity contribution in [2.24, 2.45) is 0 Å². The highest BCUT2D eigenvalue weighted by atomic mass is 32.1. The first-order chi connectivity index (χ1) is 13.1. The molecule has 1 N–H and O–H groups in total. The number of amides is 1. The molecule has 1 amide bonds. The second kappa shape index (κ2) is 7.45. The van der Waals surface area contributed by atoms with E-state index in [1.165, 1.54) is 6.92 Å². The van der Waals surface area contributed by atoms with Crippen LogP contribution in [-0.4, -0.2) is 62.8 Å². The van der Waals surface area contributed by atoms with Crippen LogP contribution in [0, 0.1) is 0 Å². The first-order valence-corrected chi connectivity index (χ1v) is 9.60. The second-order valence-electron chi connectivity index (χ2n) is 6.45. The molecule has 4 rings (SSSR count). The fourth-order valence-corrected chi connectivity index (χ4v) is 3.65. The van der Waals surface area contributed by atoms with Crippen LogP contribution in [0.15, 0.2) is 33.6 Å². The van der Waals surface area contributed by atoms with E-state index in [-0.39, 0.29) is 11.7 Å². The van der Waals surface area contributed by atoms with Gasteiger partial charge in [-0.25, -0.2) is 0 Å². The summed E-state index contributed by atoms with van der Waals surface area (Å²) in [6.45, 7) is 4.72. The first kappa shape index (κ1) is 17.6. The number of hydrogen-bond donors (Lipinski definition) is 1. The summed E-state index contributed by atoms with van der Waals surface area (Å²) in [5.41, 5.74) is 1.93. The van der Waals surface area contributed by atoms with E-state index in [2.05, 4.69) is 20.0 Å². The second-order valence-corrected chi connectivity index (χ2v) is 7.23. The number of carbonyl (C=O) groups is 2. The molecule has 0 saturated carbocycles. The van der Waals surface area contributed by atoms with Gasteiger partial charge in [-0.2, -0.15) is 16.3 Å². The van der Waals surface area contributed by atoms with Gasteiger partial charge in [0.05, 0.1) is 6.54 Å². The Labute approximate surface area is 159 Å². The number of aromatic nitrogens is 3. The molecular weight excluding hydrogens is 366 g/mol. The molecule has 1 aliphatic heterocycles. The van der Waals surface area contributed by atoms with Crippen molar-refractivity contribution in [3.63, 3.8) is 0 Å². The van der Waals surface area contributed by atoms with Crippen molar-refractivity contribution in [3.8, 4) is 11.4 Å². The summed E-state index contributed by atoms with van der Waals surface area (Å²) in [5, 5.41) is 7.98. The monoisotopic (exact) mass is 385 g/mol. The van der Waals surface area contributed by atoms with Gasteiger partial charge in [-0.05, 0) is 24.4 Å². The van der Waals surface area contributed by atoms with E-state index in [0.29, 0.717) is 42.6 Å². The lowest BCUT2D eigenvalue weighted by atomic mass is 10.2. The molecule has 0 bridgehead atoms. The van der Waals surface area contributed by atoms with Gasteiger partial charge in [0.15, 0.2) is 5.78 Å². The van der Waals surface area contributed by atoms with E-state index in [4.69, 9.17) is 4.52 Å². The van der Waals surface area contributed by atoms with Crippen LogP contribution in [0.2, 0.25) is 0 Å². The zero-order chi connectivity index (χ0) is 18.8. The number of H-pyrrole nitrogens is 1. The van der Waals surface area contributed by atoms with Crippen LogP contribution in [0.25, 0.3) is 11.4 Å². The first-order valence-electron chi connectivity index (χ1n) is 8.66. The summed E-state index contributed by atoms with van der Waals surface area (Å²) in [6.07, 6.45) is 1.58. The minimum Gasteiger partial charge on any atom is -0.356 e. The number of Topliss-reactive ketones (excluding diaryl/α,β-unsaturated/α-hetero) is 1. The highest BCUT2D eigenvalue weighted by Gasteiger charge is 2.24. The molecule has 27 heavy (non-hydrogen) atoms. The quantitative estimate of drug-likeness (QED) is 0.677. The summed E-state index contributed by atoms with van der Waals surface area (Å²) in [5.74, 6) is 1.04. The Morgan fingerprint density at radius 2 is 2.11 bits per heavy atom. The summed E-state index contributed by atoms with van der Waals surface area (Å²) < 4.78 is 5.34. The van der Waals surface area contributed by atoms with Crippen LogP contribution in [0.1, 0.15) is 33.7 Å². The van der Waals surface area contributed by atoms with Gasteiger partial charge in [-0.1, -0.05) is 5.16 Å². The van der Waals surface area contributed by atoms with E-state index >= 15 is 0 Å². The molecule has 0 aromatic carbocycles. The normalized spacial score (nSPS) is 15.2. The van der Waals surface area contributed by atoms with Gasteiger partial charge in [-0.15, -0.1) is 0 Å². The highest BCUT2D eigenvalue weighted by Crippen LogP contribution is 2.19. The van der Waals surface area contributed by atoms with Gasteiger partial charge in [0.1, 0.15) is 5.69 Å². The van der Waals surface area contributed by atoms with Gasteiger partial charge >= 0.3 is 0 Å². The third-order valence-electron chi connectivity index (χ3n) is 4.59. The van der Waals surface area contributed by atoms with Crippen molar-refractivity contribution >= 4 is 23.0 Å². The topological polar surface area (TPSA) is 95.3 Å². The maximum Gasteiger partial charge on any atom is 0.270 e. The number of hydrogen-bond acceptors (Lipinski definition) is 7. The van der Waals surface area contributed by atoms with Crippen LogP contribution in [-0.2, 0) is 6.54 Å². The molecule has 0 aliphatic carbocycles. The molecule has 9 heteroatoms. The Hall–Kier alpha value is -2.78. The fourth-order valence-electron chi connectivity index (χ4n) is 3.02. The maximum atomic E-state index is 12.6. The van der Waals surface area contributed by atoms with Gasteiger partial charge in [0.25, 0.3) is 5.91 Å². The van der Waals surface area contributed by atoms with E-state index in [1.807, 2.05) is 16.8 Å². The maximum absolute atomic E-state index is 12.6. The lowest BCUT2D eigenvalue weighted by Gasteiger charge is -2.33. The van der Waals surface area contributed by atoms with Crippen molar-refractivity contribution in [1.82, 2.24) is 24.9 Å². The Bertz CT molecular complexity index is 938. The van der Waals surface area contributed by atoms with Crippen molar-refractivity contribution in [2.45, 2.75) is 13.5 Å². The third kappa shape index (κ3) is 3.83. The zero-order valence-corrected chi connectivity index (χ0v) is 15.7. The lowest BCUT2D eigenvalue weighted by Crippen LogP contribution is -2.48. The summed E-state index contributed by atoms with van der Waals surface area (Å²) in [7, 11) is 0. The largest absolute Gasteiger partial charge is 0.356 e. The minimum atomic E-state index is -0.0836. The van der Waals surface area contributed by atoms with Gasteiger partial charge in [-0.3, -0.25) is 14.5 Å². The molecule has 0 unspecified atom stereocenters. The molecular formula is C18H19N5O3S. The molecule has 3 aromatic rings. The third-order valence-corrected chi connectivity index (χ3v) is 5.27. The number of ketones is 1. The number of carbonyl (C=O) groups excluding carboxylic acids is 2. The van der Waals surface area contributed by atoms with Crippen LogP contribution in [0.3, 0.4) is 0 Å². The van der Waals surface area contributed by atoms with E-state index in [9.17, 15) is 9.59 Å². The molecule has 140 valence electrons. The van der Waals surface area contributed by atoms with Gasteiger partial charge in [0, 0.05) is 48.9 Å². The van der Waals surface area contributed by atoms with E-state index < -0.39 is 0 Å². The van der Waals surface area contributed by atoms with Crippen molar-refractivity contribution in [3.05, 3.63) is 46.2 Å². The molecule has 0 radical (unpaired) electrons. The number of nitrogens with zero attached hydrogens (tertiary/aromatic N) is 4. The molecule has 0 atom stereocenters. The summed E-state index contributed by atoms with van der Waals surface area (Å²) in [4.78, 5) is 35.2. The lowest BCUT2D eigenvalue weighted by molar-refractivity contribution is 0.0610. The number of nitrogens with one attached hydrogen (secondary N) is 1. The van der Waals surface area contributed by atoms with E-state index in [1.54, 1.807) is 28.5 Å². The summed E-state index contributed by atoms with van der Waals surface area (Å²) in [6, 6.07) is 3.57. The Kier molecular flexibility index (Phi) is 4.87. The van der Waals surface area contributed by atoms with Gasteiger partial charge in [0.2, 0.25) is 11.7 Å². The predicted octanol–water partition coefficient (Wildman–Crippen LogP) is 2.29. The van der Waals surface area contributed by atoms with Crippen molar-refractivity contribution < 1.29 is 14.1 Å². The number of rotatable bonds is 5.